The number of ether oxygens (including phenoxy) is 4. The van der Waals surface area contributed by atoms with Crippen molar-refractivity contribution in [1.82, 2.24) is 32.0 Å². The molecule has 0 aliphatic carbocycles. The highest BCUT2D eigenvalue weighted by atomic mass is 32.2. The maximum atomic E-state index is 14.2. The van der Waals surface area contributed by atoms with E-state index < -0.39 is 49.9 Å². The van der Waals surface area contributed by atoms with Gasteiger partial charge in [0, 0.05) is 69.5 Å². The molecule has 0 unspecified atom stereocenters. The van der Waals surface area contributed by atoms with Gasteiger partial charge in [-0.3, -0.25) is 5.10 Å². The van der Waals surface area contributed by atoms with E-state index in [2.05, 4.69) is 10.2 Å². The van der Waals surface area contributed by atoms with Crippen molar-refractivity contribution in [1.29, 1.82) is 0 Å². The molecule has 2 aromatic carbocycles. The Hall–Kier alpha value is -2.88. The van der Waals surface area contributed by atoms with Crippen molar-refractivity contribution in [2.45, 2.75) is 19.6 Å². The predicted molar refractivity (Wildman–Crippen MR) is 177 cm³/mol. The number of hydrogen-bond donors (Lipinski definition) is 0. The molecule has 0 amide bonds. The largest absolute Gasteiger partial charge is 0.379 e. The van der Waals surface area contributed by atoms with Crippen LogP contribution in [0.25, 0.3) is 22.1 Å². The number of morpholine rings is 4. The molecule has 0 N–H and O–H groups in total. The minimum atomic E-state index is -4.37. The second kappa shape index (κ2) is 13.5. The Morgan fingerprint density at radius 1 is 0.519 bits per heavy atom. The van der Waals surface area contributed by atoms with Gasteiger partial charge >= 0.3 is 0 Å². The van der Waals surface area contributed by atoms with Crippen molar-refractivity contribution in [3.05, 3.63) is 24.3 Å². The Morgan fingerprint density at radius 3 is 1.37 bits per heavy atom. The Bertz CT molecular complexity index is 2310. The van der Waals surface area contributed by atoms with E-state index in [0.29, 0.717) is 0 Å². The smallest absolute Gasteiger partial charge is 0.247 e. The molecule has 4 saturated heterocycles. The summed E-state index contributed by atoms with van der Waals surface area (Å²) in [6, 6.07) is 4.60. The summed E-state index contributed by atoms with van der Waals surface area (Å²) in [6.45, 7) is 1.38. The van der Waals surface area contributed by atoms with E-state index in [0.717, 1.165) is 21.4 Å². The van der Waals surface area contributed by atoms with Gasteiger partial charge in [0.25, 0.3) is 0 Å². The van der Waals surface area contributed by atoms with Crippen LogP contribution in [-0.2, 0) is 59.0 Å². The molecule has 0 spiro atoms. The predicted octanol–water partition coefficient (Wildman–Crippen LogP) is -2.73. The zero-order valence-electron chi connectivity index (χ0n) is 27.7. The number of fused-ring (bicyclic) bond motifs is 5. The van der Waals surface area contributed by atoms with E-state index in [9.17, 15) is 33.7 Å². The summed E-state index contributed by atoms with van der Waals surface area (Å²) in [6.07, 6.45) is 0. The van der Waals surface area contributed by atoms with Crippen molar-refractivity contribution < 1.29 is 57.2 Å². The fraction of sp³-hybridized carbons (Fsp3) is 0.571. The molecule has 4 aliphatic heterocycles. The van der Waals surface area contributed by atoms with Crippen LogP contribution in [0.4, 0.5) is 0 Å². The van der Waals surface area contributed by atoms with Gasteiger partial charge < -0.3 is 18.9 Å². The highest BCUT2D eigenvalue weighted by Gasteiger charge is 2.38. The molecule has 0 saturated carbocycles. The van der Waals surface area contributed by atoms with Gasteiger partial charge in [0.2, 0.25) is 45.6 Å². The van der Waals surface area contributed by atoms with E-state index in [1.54, 1.807) is 0 Å². The standard InChI is InChI=1S/C28H36N8O12S4/c37-49(38,31-1-9-45-10-2-31)21-17-23-27(25(19-21)51(41,42)33-5-13-47-14-6-33)29-36-24-18-22(50(39,40)32-3-11-46-12-4-32)20-26(28(24)30-35(23)36)52(43,44)34-7-15-48-16-8-34/h17-20H,1-16H2. The van der Waals surface area contributed by atoms with Crippen LogP contribution in [0.2, 0.25) is 0 Å². The Balaban J connectivity index is 1.41. The van der Waals surface area contributed by atoms with Gasteiger partial charge in [-0.15, -0.1) is 4.63 Å². The normalized spacial score (nSPS) is 21.8. The quantitative estimate of drug-likeness (QED) is 0.165. The van der Waals surface area contributed by atoms with Crippen molar-refractivity contribution in [2.75, 3.05) is 105 Å². The molecule has 0 atom stereocenters. The summed E-state index contributed by atoms with van der Waals surface area (Å²) in [7, 11) is -17.3. The summed E-state index contributed by atoms with van der Waals surface area (Å²) in [5.41, 5.74) is -0.434. The number of benzene rings is 2. The molecule has 4 aliphatic rings. The van der Waals surface area contributed by atoms with Gasteiger partial charge in [0.1, 0.15) is 4.90 Å². The van der Waals surface area contributed by atoms with Gasteiger partial charge in [-0.2, -0.15) is 21.9 Å². The van der Waals surface area contributed by atoms with Crippen molar-refractivity contribution in [3.63, 3.8) is 0 Å². The molecule has 52 heavy (non-hydrogen) atoms. The minimum Gasteiger partial charge on any atom is -0.379 e. The average molecular weight is 805 g/mol. The van der Waals surface area contributed by atoms with E-state index >= 15 is 0 Å². The van der Waals surface area contributed by atoms with Gasteiger partial charge in [0.15, 0.2) is 5.52 Å². The van der Waals surface area contributed by atoms with Crippen molar-refractivity contribution >= 4 is 62.2 Å². The van der Waals surface area contributed by atoms with Crippen LogP contribution in [0.1, 0.15) is 0 Å². The van der Waals surface area contributed by atoms with E-state index in [1.165, 1.54) is 29.4 Å². The van der Waals surface area contributed by atoms with E-state index in [-0.39, 0.29) is 137 Å². The fourth-order valence-electron chi connectivity index (χ4n) is 6.64. The maximum absolute atomic E-state index is 14.2. The Labute approximate surface area is 299 Å². The van der Waals surface area contributed by atoms with Crippen LogP contribution in [0.3, 0.4) is 0 Å². The molecule has 8 rings (SSSR count). The van der Waals surface area contributed by atoms with Crippen LogP contribution in [-0.4, -0.2) is 166 Å². The summed E-state index contributed by atoms with van der Waals surface area (Å²) in [4.78, 5) is -1.52. The highest BCUT2D eigenvalue weighted by Crippen LogP contribution is 2.33. The van der Waals surface area contributed by atoms with Crippen molar-refractivity contribution in [3.8, 4) is 0 Å². The number of aromatic nitrogens is 4. The SMILES string of the molecule is O=S(=O)(c1cc(S(=O)(=O)N2CCOCC2)c2[n-][n+]3c4cc(S(=O)(=O)N5CCOCC5)cc(S(=O)(=O)N5CCOCC5)c4nn3c2c1)N1CCOCC1. The van der Waals surface area contributed by atoms with Crippen molar-refractivity contribution in [2.24, 2.45) is 0 Å². The zero-order chi connectivity index (χ0) is 36.5. The van der Waals surface area contributed by atoms with Gasteiger partial charge in [-0.05, 0) is 23.3 Å². The van der Waals surface area contributed by atoms with E-state index in [1.807, 2.05) is 0 Å². The first-order valence-corrected chi connectivity index (χ1v) is 22.3. The molecule has 24 heteroatoms. The Morgan fingerprint density at radius 2 is 0.904 bits per heavy atom. The number of nitrogens with zero attached hydrogens (tertiary/aromatic N) is 8. The number of rotatable bonds is 8. The average Bonchev–Trinajstić information content (AvgIpc) is 3.72. The molecule has 2 aromatic heterocycles. The molecular weight excluding hydrogens is 769 g/mol. The third-order valence-corrected chi connectivity index (χ3v) is 17.0. The lowest BCUT2D eigenvalue weighted by Gasteiger charge is -2.28. The van der Waals surface area contributed by atoms with Gasteiger partial charge in [-0.25, -0.2) is 33.7 Å². The molecule has 284 valence electrons. The molecule has 0 bridgehead atoms. The van der Waals surface area contributed by atoms with Gasteiger partial charge in [-0.1, -0.05) is 0 Å². The third-order valence-electron chi connectivity index (χ3n) is 9.45. The first-order valence-electron chi connectivity index (χ1n) is 16.5. The minimum absolute atomic E-state index is 0.0176. The lowest BCUT2D eigenvalue weighted by molar-refractivity contribution is -0.654. The van der Waals surface area contributed by atoms with E-state index in [4.69, 9.17) is 18.9 Å². The summed E-state index contributed by atoms with van der Waals surface area (Å²) in [5.74, 6) is 0. The molecule has 4 aromatic rings. The third kappa shape index (κ3) is 6.01. The first-order chi connectivity index (χ1) is 24.8. The second-order valence-corrected chi connectivity index (χ2v) is 20.1. The molecule has 4 fully saturated rings. The fourth-order valence-corrected chi connectivity index (χ4v) is 12.9. The molecule has 0 radical (unpaired) electrons. The van der Waals surface area contributed by atoms with Crippen LogP contribution < -0.4 is 9.73 Å². The summed E-state index contributed by atoms with van der Waals surface area (Å²) in [5, 5.41) is 9.13. The summed E-state index contributed by atoms with van der Waals surface area (Å²) < 4.78 is 141. The second-order valence-electron chi connectivity index (χ2n) is 12.4. The molecular formula is C28H36N8O12S4. The van der Waals surface area contributed by atoms with Crippen LogP contribution in [0, 0.1) is 0 Å². The molecule has 20 nitrogen and oxygen atoms in total. The lowest BCUT2D eigenvalue weighted by Crippen LogP contribution is -2.42. The van der Waals surface area contributed by atoms with Crippen LogP contribution in [0.5, 0.6) is 0 Å². The maximum Gasteiger partial charge on any atom is 0.247 e. The molecule has 6 heterocycles. The van der Waals surface area contributed by atoms with Gasteiger partial charge in [0.05, 0.1) is 67.5 Å². The van der Waals surface area contributed by atoms with Crippen LogP contribution in [0.15, 0.2) is 43.8 Å². The lowest BCUT2D eigenvalue weighted by atomic mass is 10.3. The van der Waals surface area contributed by atoms with Crippen LogP contribution >= 0.6 is 0 Å². The number of hydrogen-bond acceptors (Lipinski definition) is 13. The number of sulfonamides is 4. The first kappa shape index (κ1) is 36.1. The Kier molecular flexibility index (Phi) is 9.34. The monoisotopic (exact) mass is 804 g/mol. The topological polar surface area (TPSA) is 222 Å². The zero-order valence-corrected chi connectivity index (χ0v) is 31.0. The highest BCUT2D eigenvalue weighted by molar-refractivity contribution is 7.90. The summed E-state index contributed by atoms with van der Waals surface area (Å²) >= 11 is 0.